The molecule has 1 N–H and O–H groups in total. The third-order valence-electron chi connectivity index (χ3n) is 3.17. The van der Waals surface area contributed by atoms with Gasteiger partial charge in [-0.15, -0.1) is 5.10 Å². The molecule has 0 atom stereocenters. The van der Waals surface area contributed by atoms with Crippen molar-refractivity contribution in [3.63, 3.8) is 0 Å². The molecule has 0 aliphatic carbocycles. The fourth-order valence-electron chi connectivity index (χ4n) is 2.12. The Morgan fingerprint density at radius 2 is 2.00 bits per heavy atom. The lowest BCUT2D eigenvalue weighted by molar-refractivity contribution is 0.0699. The van der Waals surface area contributed by atoms with Crippen molar-refractivity contribution in [1.29, 1.82) is 0 Å². The molecule has 2 aromatic carbocycles. The molecule has 3 aromatic rings. The van der Waals surface area contributed by atoms with Gasteiger partial charge < -0.3 is 5.11 Å². The van der Waals surface area contributed by atoms with Gasteiger partial charge in [0.2, 0.25) is 0 Å². The zero-order valence-electron chi connectivity index (χ0n) is 10.5. The Bertz CT molecular complexity index is 826. The molecule has 0 radical (unpaired) electrons. The molecule has 1 aromatic heterocycles. The summed E-state index contributed by atoms with van der Waals surface area (Å²) in [4.78, 5) is 11.1. The first-order valence-electron chi connectivity index (χ1n) is 5.93. The molecule has 100 valence electrons. The van der Waals surface area contributed by atoms with Crippen LogP contribution in [0.4, 0.5) is 4.39 Å². The summed E-state index contributed by atoms with van der Waals surface area (Å²) in [6, 6.07) is 9.42. The van der Waals surface area contributed by atoms with E-state index in [1.165, 1.54) is 16.8 Å². The minimum Gasteiger partial charge on any atom is -0.478 e. The van der Waals surface area contributed by atoms with Gasteiger partial charge in [-0.1, -0.05) is 17.3 Å². The van der Waals surface area contributed by atoms with E-state index in [1.807, 2.05) is 0 Å². The Morgan fingerprint density at radius 1 is 1.25 bits per heavy atom. The van der Waals surface area contributed by atoms with Crippen LogP contribution in [0.15, 0.2) is 36.4 Å². The molecule has 3 rings (SSSR count). The van der Waals surface area contributed by atoms with Gasteiger partial charge in [-0.05, 0) is 31.2 Å². The van der Waals surface area contributed by atoms with Crippen molar-refractivity contribution in [3.8, 4) is 5.69 Å². The number of fused-ring (bicyclic) bond motifs is 1. The van der Waals surface area contributed by atoms with Crippen LogP contribution < -0.4 is 0 Å². The fourth-order valence-corrected chi connectivity index (χ4v) is 2.12. The number of benzene rings is 2. The highest BCUT2D eigenvalue weighted by atomic mass is 19.1. The Morgan fingerprint density at radius 3 is 2.75 bits per heavy atom. The van der Waals surface area contributed by atoms with Crippen LogP contribution in [0.2, 0.25) is 0 Å². The molecule has 6 heteroatoms. The number of carbonyl (C=O) groups is 1. The number of carboxylic acids is 1. The first-order valence-corrected chi connectivity index (χ1v) is 5.93. The summed E-state index contributed by atoms with van der Waals surface area (Å²) in [5, 5.41) is 17.0. The van der Waals surface area contributed by atoms with E-state index in [-0.39, 0.29) is 16.9 Å². The Balaban J connectivity index is 2.31. The van der Waals surface area contributed by atoms with E-state index < -0.39 is 5.97 Å². The zero-order valence-corrected chi connectivity index (χ0v) is 10.5. The predicted molar refractivity (Wildman–Crippen MR) is 70.5 cm³/mol. The van der Waals surface area contributed by atoms with Crippen molar-refractivity contribution in [1.82, 2.24) is 15.0 Å². The molecule has 0 amide bonds. The van der Waals surface area contributed by atoms with Gasteiger partial charge in [-0.3, -0.25) is 0 Å². The predicted octanol–water partition coefficient (Wildman–Crippen LogP) is 2.57. The lowest BCUT2D eigenvalue weighted by Gasteiger charge is -2.06. The van der Waals surface area contributed by atoms with Gasteiger partial charge in [-0.2, -0.15) is 0 Å². The van der Waals surface area contributed by atoms with Gasteiger partial charge in [-0.25, -0.2) is 13.9 Å². The van der Waals surface area contributed by atoms with Crippen molar-refractivity contribution < 1.29 is 14.3 Å². The second kappa shape index (κ2) is 4.41. The topological polar surface area (TPSA) is 68.0 Å². The van der Waals surface area contributed by atoms with Crippen molar-refractivity contribution in [3.05, 3.63) is 53.3 Å². The maximum Gasteiger partial charge on any atom is 0.338 e. The molecule has 0 saturated carbocycles. The van der Waals surface area contributed by atoms with E-state index in [2.05, 4.69) is 10.3 Å². The summed E-state index contributed by atoms with van der Waals surface area (Å²) in [6.07, 6.45) is 0. The van der Waals surface area contributed by atoms with Gasteiger partial charge in [0.1, 0.15) is 11.3 Å². The minimum atomic E-state index is -1.07. The van der Waals surface area contributed by atoms with E-state index >= 15 is 0 Å². The largest absolute Gasteiger partial charge is 0.478 e. The Hall–Kier alpha value is -2.76. The highest BCUT2D eigenvalue weighted by Crippen LogP contribution is 2.22. The molecule has 0 aliphatic rings. The van der Waals surface area contributed by atoms with E-state index in [0.717, 1.165) is 0 Å². The Kier molecular flexibility index (Phi) is 2.71. The fraction of sp³-hybridized carbons (Fsp3) is 0.0714. The lowest BCUT2D eigenvalue weighted by atomic mass is 10.1. The molecule has 0 bridgehead atoms. The van der Waals surface area contributed by atoms with Gasteiger partial charge in [0.25, 0.3) is 0 Å². The van der Waals surface area contributed by atoms with Gasteiger partial charge >= 0.3 is 5.97 Å². The highest BCUT2D eigenvalue weighted by Gasteiger charge is 2.16. The van der Waals surface area contributed by atoms with Gasteiger partial charge in [0.15, 0.2) is 0 Å². The maximum atomic E-state index is 13.6. The van der Waals surface area contributed by atoms with Crippen molar-refractivity contribution in [2.75, 3.05) is 0 Å². The molecule has 20 heavy (non-hydrogen) atoms. The summed E-state index contributed by atoms with van der Waals surface area (Å²) in [5.74, 6) is -1.42. The summed E-state index contributed by atoms with van der Waals surface area (Å²) in [7, 11) is 0. The number of nitrogens with zero attached hydrogens (tertiary/aromatic N) is 3. The zero-order chi connectivity index (χ0) is 14.3. The summed E-state index contributed by atoms with van der Waals surface area (Å²) < 4.78 is 15.1. The molecular weight excluding hydrogens is 261 g/mol. The number of halogens is 1. The molecular formula is C14H10FN3O2. The first kappa shape index (κ1) is 12.3. The molecule has 0 saturated heterocycles. The Labute approximate surface area is 113 Å². The van der Waals surface area contributed by atoms with Crippen molar-refractivity contribution in [2.24, 2.45) is 0 Å². The van der Waals surface area contributed by atoms with Crippen LogP contribution in [-0.2, 0) is 0 Å². The minimum absolute atomic E-state index is 0.0720. The summed E-state index contributed by atoms with van der Waals surface area (Å²) in [6.45, 7) is 1.64. The first-order chi connectivity index (χ1) is 9.59. The third kappa shape index (κ3) is 1.73. The summed E-state index contributed by atoms with van der Waals surface area (Å²) in [5.41, 5.74) is 1.85. The number of hydrogen-bond donors (Lipinski definition) is 1. The van der Waals surface area contributed by atoms with Gasteiger partial charge in [0.05, 0.1) is 16.8 Å². The average molecular weight is 271 g/mol. The van der Waals surface area contributed by atoms with Crippen LogP contribution in [0.5, 0.6) is 0 Å². The van der Waals surface area contributed by atoms with Crippen LogP contribution >= 0.6 is 0 Å². The quantitative estimate of drug-likeness (QED) is 0.777. The van der Waals surface area contributed by atoms with Crippen molar-refractivity contribution >= 4 is 17.0 Å². The van der Waals surface area contributed by atoms with E-state index in [0.29, 0.717) is 16.8 Å². The second-order valence-corrected chi connectivity index (χ2v) is 4.36. The molecule has 1 heterocycles. The van der Waals surface area contributed by atoms with E-state index in [1.54, 1.807) is 31.2 Å². The molecule has 0 aliphatic heterocycles. The molecule has 0 fully saturated rings. The highest BCUT2D eigenvalue weighted by molar-refractivity contribution is 6.00. The monoisotopic (exact) mass is 271 g/mol. The van der Waals surface area contributed by atoms with Crippen LogP contribution in [0.1, 0.15) is 15.9 Å². The average Bonchev–Trinajstić information content (AvgIpc) is 2.85. The number of aromatic carboxylic acids is 1. The lowest BCUT2D eigenvalue weighted by Crippen LogP contribution is -2.01. The summed E-state index contributed by atoms with van der Waals surface area (Å²) >= 11 is 0. The second-order valence-electron chi connectivity index (χ2n) is 4.36. The standard InChI is InChI=1S/C14H10FN3O2/c1-8-10(15)5-3-6-11(8)18-12-7-2-4-9(14(19)20)13(12)16-17-18/h2-7H,1H3,(H,19,20). The normalized spacial score (nSPS) is 10.9. The number of aromatic nitrogens is 3. The third-order valence-corrected chi connectivity index (χ3v) is 3.17. The van der Waals surface area contributed by atoms with Crippen LogP contribution in [0.25, 0.3) is 16.7 Å². The number of carboxylic acid groups (broad SMARTS) is 1. The molecule has 5 nitrogen and oxygen atoms in total. The molecule has 0 spiro atoms. The van der Waals surface area contributed by atoms with E-state index in [9.17, 15) is 9.18 Å². The van der Waals surface area contributed by atoms with Crippen molar-refractivity contribution in [2.45, 2.75) is 6.92 Å². The molecule has 0 unspecified atom stereocenters. The SMILES string of the molecule is Cc1c(F)cccc1-n1nnc2c(C(=O)O)cccc21. The number of hydrogen-bond acceptors (Lipinski definition) is 3. The van der Waals surface area contributed by atoms with E-state index in [4.69, 9.17) is 5.11 Å². The maximum absolute atomic E-state index is 13.6. The van der Waals surface area contributed by atoms with Gasteiger partial charge in [0, 0.05) is 5.56 Å². The van der Waals surface area contributed by atoms with Crippen LogP contribution in [0, 0.1) is 12.7 Å². The smallest absolute Gasteiger partial charge is 0.338 e. The van der Waals surface area contributed by atoms with Crippen LogP contribution in [0.3, 0.4) is 0 Å². The van der Waals surface area contributed by atoms with Crippen LogP contribution in [-0.4, -0.2) is 26.1 Å². The number of rotatable bonds is 2.